The van der Waals surface area contributed by atoms with Gasteiger partial charge in [-0.25, -0.2) is 0 Å². The van der Waals surface area contributed by atoms with Crippen molar-refractivity contribution in [2.24, 2.45) is 0 Å². The third-order valence-electron chi connectivity index (χ3n) is 4.37. The molecule has 0 radical (unpaired) electrons. The first kappa shape index (κ1) is 14.5. The van der Waals surface area contributed by atoms with Crippen LogP contribution in [0, 0.1) is 6.92 Å². The summed E-state index contributed by atoms with van der Waals surface area (Å²) >= 11 is 6.31. The van der Waals surface area contributed by atoms with E-state index < -0.39 is 0 Å². The van der Waals surface area contributed by atoms with Gasteiger partial charge in [0.1, 0.15) is 0 Å². The molecule has 0 amide bonds. The van der Waals surface area contributed by atoms with Crippen molar-refractivity contribution in [3.05, 3.63) is 63.7 Å². The fraction of sp³-hybridized carbons (Fsp3) is 0.368. The van der Waals surface area contributed by atoms with Crippen LogP contribution in [-0.4, -0.2) is 0 Å². The molecular weight excluding hydrogens is 278 g/mol. The third kappa shape index (κ3) is 3.24. The number of halogens is 1. The second kappa shape index (κ2) is 6.11. The molecule has 3 rings (SSSR count). The molecule has 0 fully saturated rings. The molecule has 1 unspecified atom stereocenters. The topological polar surface area (TPSA) is 12.0 Å². The van der Waals surface area contributed by atoms with Gasteiger partial charge in [-0.1, -0.05) is 35.9 Å². The Morgan fingerprint density at radius 3 is 2.52 bits per heavy atom. The summed E-state index contributed by atoms with van der Waals surface area (Å²) in [5.74, 6) is 0. The molecule has 0 saturated heterocycles. The van der Waals surface area contributed by atoms with Crippen molar-refractivity contribution in [3.63, 3.8) is 0 Å². The minimum absolute atomic E-state index is 0.262. The maximum atomic E-state index is 6.31. The van der Waals surface area contributed by atoms with Gasteiger partial charge in [-0.05, 0) is 73.9 Å². The maximum absolute atomic E-state index is 6.31. The van der Waals surface area contributed by atoms with Crippen molar-refractivity contribution in [2.45, 2.75) is 45.6 Å². The van der Waals surface area contributed by atoms with Crippen molar-refractivity contribution in [2.75, 3.05) is 5.32 Å². The fourth-order valence-corrected chi connectivity index (χ4v) is 3.37. The Morgan fingerprint density at radius 2 is 1.76 bits per heavy atom. The summed E-state index contributed by atoms with van der Waals surface area (Å²) in [5.41, 5.74) is 6.60. The van der Waals surface area contributed by atoms with E-state index in [1.807, 2.05) is 6.07 Å². The molecule has 1 nitrogen and oxygen atoms in total. The van der Waals surface area contributed by atoms with E-state index in [0.29, 0.717) is 0 Å². The second-order valence-electron chi connectivity index (χ2n) is 6.08. The van der Waals surface area contributed by atoms with Gasteiger partial charge in [-0.2, -0.15) is 0 Å². The number of anilines is 1. The van der Waals surface area contributed by atoms with Crippen LogP contribution in [0.3, 0.4) is 0 Å². The van der Waals surface area contributed by atoms with Crippen molar-refractivity contribution >= 4 is 17.3 Å². The Labute approximate surface area is 132 Å². The van der Waals surface area contributed by atoms with Gasteiger partial charge in [-0.15, -0.1) is 0 Å². The molecular formula is C19H22ClN. The molecule has 0 saturated carbocycles. The first-order valence-corrected chi connectivity index (χ1v) is 8.15. The van der Waals surface area contributed by atoms with Crippen LogP contribution in [0.4, 0.5) is 5.69 Å². The van der Waals surface area contributed by atoms with Gasteiger partial charge in [0, 0.05) is 6.04 Å². The standard InChI is InChI=1S/C19H22ClN/c1-13-7-10-19(18(20)11-13)21-14(2)16-9-8-15-5-3-4-6-17(15)12-16/h7-12,14,21H,3-6H2,1-2H3. The van der Waals surface area contributed by atoms with Gasteiger partial charge in [0.25, 0.3) is 0 Å². The summed E-state index contributed by atoms with van der Waals surface area (Å²) in [6, 6.07) is 13.3. The molecule has 1 aliphatic rings. The molecule has 0 aromatic heterocycles. The van der Waals surface area contributed by atoms with Crippen LogP contribution in [0.15, 0.2) is 36.4 Å². The summed E-state index contributed by atoms with van der Waals surface area (Å²) in [6.45, 7) is 4.25. The zero-order valence-corrected chi connectivity index (χ0v) is 13.5. The Bertz CT molecular complexity index is 648. The average Bonchev–Trinajstić information content (AvgIpc) is 2.49. The summed E-state index contributed by atoms with van der Waals surface area (Å²) < 4.78 is 0. The highest BCUT2D eigenvalue weighted by molar-refractivity contribution is 6.33. The van der Waals surface area contributed by atoms with Gasteiger partial charge in [-0.3, -0.25) is 0 Å². The quantitative estimate of drug-likeness (QED) is 0.766. The van der Waals surface area contributed by atoms with Gasteiger partial charge in [0.15, 0.2) is 0 Å². The normalized spacial score (nSPS) is 15.4. The monoisotopic (exact) mass is 299 g/mol. The molecule has 110 valence electrons. The van der Waals surface area contributed by atoms with Gasteiger partial charge in [0.2, 0.25) is 0 Å². The Hall–Kier alpha value is -1.47. The minimum Gasteiger partial charge on any atom is -0.377 e. The largest absolute Gasteiger partial charge is 0.377 e. The second-order valence-corrected chi connectivity index (χ2v) is 6.49. The van der Waals surface area contributed by atoms with Crippen LogP contribution in [0.2, 0.25) is 5.02 Å². The SMILES string of the molecule is Cc1ccc(NC(C)c2ccc3c(c2)CCCC3)c(Cl)c1. The number of rotatable bonds is 3. The number of benzene rings is 2. The lowest BCUT2D eigenvalue weighted by Crippen LogP contribution is -2.09. The molecule has 1 aliphatic carbocycles. The van der Waals surface area contributed by atoms with E-state index in [0.717, 1.165) is 10.7 Å². The van der Waals surface area contributed by atoms with Crippen LogP contribution < -0.4 is 5.32 Å². The molecule has 0 spiro atoms. The molecule has 0 bridgehead atoms. The van der Waals surface area contributed by atoms with Crippen LogP contribution in [0.25, 0.3) is 0 Å². The summed E-state index contributed by atoms with van der Waals surface area (Å²) in [7, 11) is 0. The van der Waals surface area contributed by atoms with Gasteiger partial charge < -0.3 is 5.32 Å². The van der Waals surface area contributed by atoms with E-state index in [2.05, 4.69) is 49.5 Å². The fourth-order valence-electron chi connectivity index (χ4n) is 3.08. The lowest BCUT2D eigenvalue weighted by molar-refractivity contribution is 0.683. The van der Waals surface area contributed by atoms with Crippen molar-refractivity contribution < 1.29 is 0 Å². The Kier molecular flexibility index (Phi) is 4.21. The van der Waals surface area contributed by atoms with Crippen molar-refractivity contribution in [3.8, 4) is 0 Å². The maximum Gasteiger partial charge on any atom is 0.0640 e. The van der Waals surface area contributed by atoms with Crippen LogP contribution in [0.5, 0.6) is 0 Å². The summed E-state index contributed by atoms with van der Waals surface area (Å²) in [4.78, 5) is 0. The zero-order chi connectivity index (χ0) is 14.8. The highest BCUT2D eigenvalue weighted by Gasteiger charge is 2.13. The van der Waals surface area contributed by atoms with Crippen LogP contribution in [0.1, 0.15) is 48.1 Å². The van der Waals surface area contributed by atoms with Crippen molar-refractivity contribution in [1.29, 1.82) is 0 Å². The Morgan fingerprint density at radius 1 is 1.00 bits per heavy atom. The van der Waals surface area contributed by atoms with Gasteiger partial charge >= 0.3 is 0 Å². The van der Waals surface area contributed by atoms with Crippen molar-refractivity contribution in [1.82, 2.24) is 0 Å². The average molecular weight is 300 g/mol. The number of aryl methyl sites for hydroxylation is 3. The van der Waals surface area contributed by atoms with Crippen LogP contribution >= 0.6 is 11.6 Å². The van der Waals surface area contributed by atoms with Gasteiger partial charge in [0.05, 0.1) is 10.7 Å². The zero-order valence-electron chi connectivity index (χ0n) is 12.7. The molecule has 0 heterocycles. The molecule has 21 heavy (non-hydrogen) atoms. The van der Waals surface area contributed by atoms with E-state index in [1.54, 1.807) is 0 Å². The summed E-state index contributed by atoms with van der Waals surface area (Å²) in [6.07, 6.45) is 5.11. The first-order valence-electron chi connectivity index (χ1n) is 7.78. The van der Waals surface area contributed by atoms with E-state index in [1.165, 1.54) is 47.9 Å². The first-order chi connectivity index (χ1) is 10.1. The molecule has 1 atom stereocenters. The number of nitrogens with one attached hydrogen (secondary N) is 1. The highest BCUT2D eigenvalue weighted by Crippen LogP contribution is 2.29. The van der Waals surface area contributed by atoms with E-state index in [4.69, 9.17) is 11.6 Å². The lowest BCUT2D eigenvalue weighted by Gasteiger charge is -2.21. The Balaban J connectivity index is 1.80. The molecule has 2 heteroatoms. The number of hydrogen-bond acceptors (Lipinski definition) is 1. The van der Waals surface area contributed by atoms with E-state index in [-0.39, 0.29) is 6.04 Å². The lowest BCUT2D eigenvalue weighted by atomic mass is 9.89. The molecule has 2 aromatic carbocycles. The predicted molar refractivity (Wildman–Crippen MR) is 91.3 cm³/mol. The summed E-state index contributed by atoms with van der Waals surface area (Å²) in [5, 5.41) is 4.32. The number of hydrogen-bond donors (Lipinski definition) is 1. The smallest absolute Gasteiger partial charge is 0.0640 e. The van der Waals surface area contributed by atoms with E-state index >= 15 is 0 Å². The third-order valence-corrected chi connectivity index (χ3v) is 4.68. The molecule has 1 N–H and O–H groups in total. The minimum atomic E-state index is 0.262. The molecule has 0 aliphatic heterocycles. The molecule has 2 aromatic rings. The van der Waals surface area contributed by atoms with Crippen LogP contribution in [-0.2, 0) is 12.8 Å². The number of fused-ring (bicyclic) bond motifs is 1. The van der Waals surface area contributed by atoms with E-state index in [9.17, 15) is 0 Å². The highest BCUT2D eigenvalue weighted by atomic mass is 35.5. The predicted octanol–water partition coefficient (Wildman–Crippen LogP) is 5.70.